The maximum absolute atomic E-state index is 13.3. The van der Waals surface area contributed by atoms with E-state index < -0.39 is 28.3 Å². The van der Waals surface area contributed by atoms with E-state index in [1.165, 1.54) is 0 Å². The summed E-state index contributed by atoms with van der Waals surface area (Å²) in [4.78, 5) is 12.5. The van der Waals surface area contributed by atoms with E-state index in [1.807, 2.05) is 6.92 Å². The normalized spacial score (nSPS) is 11.0. The van der Waals surface area contributed by atoms with Gasteiger partial charge in [0.2, 0.25) is 5.91 Å². The van der Waals surface area contributed by atoms with Crippen molar-refractivity contribution in [3.8, 4) is 11.5 Å². The van der Waals surface area contributed by atoms with Gasteiger partial charge in [0.15, 0.2) is 0 Å². The third-order valence-electron chi connectivity index (χ3n) is 4.64. The van der Waals surface area contributed by atoms with Crippen LogP contribution in [-0.4, -0.2) is 40.6 Å². The van der Waals surface area contributed by atoms with Gasteiger partial charge in [-0.05, 0) is 67.6 Å². The first kappa shape index (κ1) is 25.3. The lowest BCUT2D eigenvalue weighted by Crippen LogP contribution is -2.41. The van der Waals surface area contributed by atoms with Gasteiger partial charge in [0.1, 0.15) is 30.5 Å². The summed E-state index contributed by atoms with van der Waals surface area (Å²) in [6.07, 6.45) is 0. The van der Waals surface area contributed by atoms with E-state index >= 15 is 0 Å². The summed E-state index contributed by atoms with van der Waals surface area (Å²) in [5.41, 5.74) is 0.259. The number of para-hydroxylation sites is 1. The summed E-state index contributed by atoms with van der Waals surface area (Å²) in [5, 5.41) is 3.08. The van der Waals surface area contributed by atoms with Crippen LogP contribution in [0.2, 0.25) is 5.02 Å². The van der Waals surface area contributed by atoms with Crippen molar-refractivity contribution >= 4 is 33.2 Å². The summed E-state index contributed by atoms with van der Waals surface area (Å²) in [6.45, 7) is 2.08. The number of carbonyl (C=O) groups excluding carboxylic acids is 1. The standard InChI is InChI=1S/C24H24ClFN2O5S/c1-2-32-20-11-9-19(10-12-20)28(34(30,31)21-13-7-18(26)8-14-21)17-24(29)27-15-16-33-23-6-4-3-5-22(23)25/h3-14H,2,15-17H2,1H3,(H,27,29). The Morgan fingerprint density at radius 1 is 1.00 bits per heavy atom. The van der Waals surface area contributed by atoms with Gasteiger partial charge in [-0.2, -0.15) is 0 Å². The van der Waals surface area contributed by atoms with Crippen LogP contribution in [0.15, 0.2) is 77.7 Å². The van der Waals surface area contributed by atoms with Crippen molar-refractivity contribution in [3.63, 3.8) is 0 Å². The molecule has 1 amide bonds. The molecule has 0 aromatic heterocycles. The molecule has 0 saturated carbocycles. The summed E-state index contributed by atoms with van der Waals surface area (Å²) in [5.74, 6) is -0.0648. The molecule has 0 heterocycles. The summed E-state index contributed by atoms with van der Waals surface area (Å²) < 4.78 is 51.8. The molecule has 0 bridgehead atoms. The minimum Gasteiger partial charge on any atom is -0.494 e. The highest BCUT2D eigenvalue weighted by Crippen LogP contribution is 2.26. The highest BCUT2D eigenvalue weighted by molar-refractivity contribution is 7.92. The Balaban J connectivity index is 1.73. The number of benzene rings is 3. The first-order valence-electron chi connectivity index (χ1n) is 10.5. The van der Waals surface area contributed by atoms with E-state index in [1.54, 1.807) is 48.5 Å². The lowest BCUT2D eigenvalue weighted by molar-refractivity contribution is -0.119. The quantitative estimate of drug-likeness (QED) is 0.393. The molecular formula is C24H24ClFN2O5S. The van der Waals surface area contributed by atoms with E-state index in [-0.39, 0.29) is 23.7 Å². The topological polar surface area (TPSA) is 84.9 Å². The molecule has 0 aliphatic carbocycles. The molecule has 0 spiro atoms. The summed E-state index contributed by atoms with van der Waals surface area (Å²) >= 11 is 6.03. The van der Waals surface area contributed by atoms with Gasteiger partial charge in [0, 0.05) is 0 Å². The van der Waals surface area contributed by atoms with Crippen molar-refractivity contribution in [1.82, 2.24) is 5.32 Å². The van der Waals surface area contributed by atoms with Crippen molar-refractivity contribution in [2.45, 2.75) is 11.8 Å². The first-order valence-corrected chi connectivity index (χ1v) is 12.3. The lowest BCUT2D eigenvalue weighted by atomic mass is 10.3. The number of rotatable bonds is 11. The van der Waals surface area contributed by atoms with Crippen LogP contribution in [0.3, 0.4) is 0 Å². The minimum atomic E-state index is -4.15. The fourth-order valence-corrected chi connectivity index (χ4v) is 4.63. The zero-order chi connectivity index (χ0) is 24.6. The van der Waals surface area contributed by atoms with Gasteiger partial charge in [-0.25, -0.2) is 12.8 Å². The minimum absolute atomic E-state index is 0.137. The van der Waals surface area contributed by atoms with Gasteiger partial charge in [-0.15, -0.1) is 0 Å². The number of halogens is 2. The van der Waals surface area contributed by atoms with Crippen LogP contribution in [0.1, 0.15) is 6.92 Å². The molecule has 0 aliphatic rings. The first-order chi connectivity index (χ1) is 16.3. The molecule has 0 unspecified atom stereocenters. The number of amides is 1. The van der Waals surface area contributed by atoms with Crippen molar-refractivity contribution in [3.05, 3.63) is 83.6 Å². The average molecular weight is 507 g/mol. The van der Waals surface area contributed by atoms with Crippen LogP contribution >= 0.6 is 11.6 Å². The Labute approximate surface area is 203 Å². The van der Waals surface area contributed by atoms with Crippen LogP contribution in [0, 0.1) is 5.82 Å². The van der Waals surface area contributed by atoms with Gasteiger partial charge in [-0.3, -0.25) is 9.10 Å². The molecule has 10 heteroatoms. The van der Waals surface area contributed by atoms with Gasteiger partial charge < -0.3 is 14.8 Å². The number of anilines is 1. The fraction of sp³-hybridized carbons (Fsp3) is 0.208. The van der Waals surface area contributed by atoms with Crippen molar-refractivity contribution in [2.24, 2.45) is 0 Å². The molecule has 3 aromatic rings. The summed E-state index contributed by atoms with van der Waals surface area (Å²) in [6, 6.07) is 17.6. The molecule has 3 aromatic carbocycles. The van der Waals surface area contributed by atoms with Gasteiger partial charge in [-0.1, -0.05) is 23.7 Å². The Morgan fingerprint density at radius 2 is 1.68 bits per heavy atom. The Kier molecular flexibility index (Phi) is 8.72. The monoisotopic (exact) mass is 506 g/mol. The van der Waals surface area contributed by atoms with Gasteiger partial charge in [0.25, 0.3) is 10.0 Å². The van der Waals surface area contributed by atoms with Crippen LogP contribution < -0.4 is 19.1 Å². The number of ether oxygens (including phenoxy) is 2. The number of hydrogen-bond acceptors (Lipinski definition) is 5. The summed E-state index contributed by atoms with van der Waals surface area (Å²) in [7, 11) is -4.15. The maximum Gasteiger partial charge on any atom is 0.264 e. The lowest BCUT2D eigenvalue weighted by Gasteiger charge is -2.24. The molecule has 0 saturated heterocycles. The fourth-order valence-electron chi connectivity index (χ4n) is 3.02. The number of nitrogens with zero attached hydrogens (tertiary/aromatic N) is 1. The van der Waals surface area contributed by atoms with Crippen molar-refractivity contribution < 1.29 is 27.1 Å². The third-order valence-corrected chi connectivity index (χ3v) is 6.74. The SMILES string of the molecule is CCOc1ccc(N(CC(=O)NCCOc2ccccc2Cl)S(=O)(=O)c2ccc(F)cc2)cc1. The second-order valence-electron chi connectivity index (χ2n) is 7.02. The number of sulfonamides is 1. The Bertz CT molecular complexity index is 1200. The molecule has 0 fully saturated rings. The molecule has 7 nitrogen and oxygen atoms in total. The predicted molar refractivity (Wildman–Crippen MR) is 128 cm³/mol. The number of nitrogens with one attached hydrogen (secondary N) is 1. The predicted octanol–water partition coefficient (Wildman–Crippen LogP) is 4.27. The van der Waals surface area contributed by atoms with E-state index in [0.717, 1.165) is 28.6 Å². The van der Waals surface area contributed by atoms with Crippen LogP contribution in [0.5, 0.6) is 11.5 Å². The van der Waals surface area contributed by atoms with Crippen LogP contribution in [0.4, 0.5) is 10.1 Å². The van der Waals surface area contributed by atoms with Crippen molar-refractivity contribution in [1.29, 1.82) is 0 Å². The molecule has 34 heavy (non-hydrogen) atoms. The second kappa shape index (κ2) is 11.7. The average Bonchev–Trinajstić information content (AvgIpc) is 2.82. The van der Waals surface area contributed by atoms with Crippen LogP contribution in [-0.2, 0) is 14.8 Å². The molecule has 0 aliphatic heterocycles. The molecule has 1 N–H and O–H groups in total. The highest BCUT2D eigenvalue weighted by atomic mass is 35.5. The second-order valence-corrected chi connectivity index (χ2v) is 9.29. The smallest absolute Gasteiger partial charge is 0.264 e. The van der Waals surface area contributed by atoms with E-state index in [2.05, 4.69) is 5.32 Å². The van der Waals surface area contributed by atoms with Gasteiger partial charge >= 0.3 is 0 Å². The largest absolute Gasteiger partial charge is 0.494 e. The number of hydrogen-bond donors (Lipinski definition) is 1. The van der Waals surface area contributed by atoms with E-state index in [0.29, 0.717) is 23.1 Å². The molecule has 3 rings (SSSR count). The molecule has 0 atom stereocenters. The Hall–Kier alpha value is -3.30. The molecular weight excluding hydrogens is 483 g/mol. The van der Waals surface area contributed by atoms with Gasteiger partial charge in [0.05, 0.1) is 28.8 Å². The van der Waals surface area contributed by atoms with Crippen LogP contribution in [0.25, 0.3) is 0 Å². The zero-order valence-electron chi connectivity index (χ0n) is 18.4. The maximum atomic E-state index is 13.3. The van der Waals surface area contributed by atoms with E-state index in [4.69, 9.17) is 21.1 Å². The highest BCUT2D eigenvalue weighted by Gasteiger charge is 2.27. The molecule has 0 radical (unpaired) electrons. The Morgan fingerprint density at radius 3 is 2.32 bits per heavy atom. The third kappa shape index (κ3) is 6.61. The molecule has 180 valence electrons. The number of carbonyl (C=O) groups is 1. The van der Waals surface area contributed by atoms with E-state index in [9.17, 15) is 17.6 Å². The zero-order valence-corrected chi connectivity index (χ0v) is 20.0. The van der Waals surface area contributed by atoms with Crippen molar-refractivity contribution in [2.75, 3.05) is 30.6 Å².